The topological polar surface area (TPSA) is 53.8 Å². The highest BCUT2D eigenvalue weighted by molar-refractivity contribution is 5.74. The first-order chi connectivity index (χ1) is 5.88. The Morgan fingerprint density at radius 1 is 1.58 bits per heavy atom. The van der Waals surface area contributed by atoms with E-state index in [1.165, 1.54) is 12.2 Å². The summed E-state index contributed by atoms with van der Waals surface area (Å²) in [6.07, 6.45) is 5.04. The van der Waals surface area contributed by atoms with Gasteiger partial charge in [0.25, 0.3) is 0 Å². The summed E-state index contributed by atoms with van der Waals surface area (Å²) < 4.78 is 0. The highest BCUT2D eigenvalue weighted by Crippen LogP contribution is 2.04. The third-order valence-corrected chi connectivity index (χ3v) is 1.29. The van der Waals surface area contributed by atoms with Crippen LogP contribution in [0.4, 0.5) is 0 Å². The van der Waals surface area contributed by atoms with Crippen LogP contribution in [0, 0.1) is 11.3 Å². The molecule has 0 saturated carbocycles. The zero-order valence-corrected chi connectivity index (χ0v) is 6.27. The Labute approximate surface area is 70.0 Å². The third-order valence-electron chi connectivity index (χ3n) is 1.29. The summed E-state index contributed by atoms with van der Waals surface area (Å²) in [7, 11) is 0. The predicted molar refractivity (Wildman–Crippen MR) is 44.1 cm³/mol. The van der Waals surface area contributed by atoms with Crippen molar-refractivity contribution in [1.82, 2.24) is 4.98 Å². The van der Waals surface area contributed by atoms with Crippen LogP contribution in [0.2, 0.25) is 0 Å². The molecule has 0 spiro atoms. The summed E-state index contributed by atoms with van der Waals surface area (Å²) in [6, 6.07) is 5.30. The van der Waals surface area contributed by atoms with Crippen LogP contribution in [-0.4, -0.2) is 11.3 Å². The Balaban J connectivity index is 3.07. The molecular formula is C9H6N2O. The van der Waals surface area contributed by atoms with Crippen molar-refractivity contribution >= 4 is 12.4 Å². The molecule has 58 valence electrons. The van der Waals surface area contributed by atoms with Gasteiger partial charge in [-0.1, -0.05) is 0 Å². The molecule has 0 N–H and O–H groups in total. The fraction of sp³-hybridized carbons (Fsp3) is 0. The maximum atomic E-state index is 9.98. The molecule has 3 nitrogen and oxygen atoms in total. The minimum absolute atomic E-state index is 0.468. The van der Waals surface area contributed by atoms with Gasteiger partial charge in [-0.2, -0.15) is 5.26 Å². The van der Waals surface area contributed by atoms with Crippen LogP contribution in [0.15, 0.2) is 24.4 Å². The van der Waals surface area contributed by atoms with Gasteiger partial charge >= 0.3 is 0 Å². The van der Waals surface area contributed by atoms with Gasteiger partial charge in [-0.3, -0.25) is 9.78 Å². The Kier molecular flexibility index (Phi) is 2.74. The van der Waals surface area contributed by atoms with Crippen molar-refractivity contribution in [2.24, 2.45) is 0 Å². The molecule has 3 heteroatoms. The van der Waals surface area contributed by atoms with E-state index in [-0.39, 0.29) is 0 Å². The average molecular weight is 158 g/mol. The summed E-state index contributed by atoms with van der Waals surface area (Å²) in [6.45, 7) is 0. The SMILES string of the molecule is N#Cc1cccnc1C=CC=O. The van der Waals surface area contributed by atoms with Crippen molar-refractivity contribution in [3.8, 4) is 6.07 Å². The van der Waals surface area contributed by atoms with Gasteiger partial charge in [0.1, 0.15) is 12.4 Å². The number of carbonyl (C=O) groups is 1. The van der Waals surface area contributed by atoms with Crippen molar-refractivity contribution in [2.75, 3.05) is 0 Å². The number of nitrogens with zero attached hydrogens (tertiary/aromatic N) is 2. The molecule has 0 fully saturated rings. The maximum Gasteiger partial charge on any atom is 0.142 e. The monoisotopic (exact) mass is 158 g/mol. The lowest BCUT2D eigenvalue weighted by molar-refractivity contribution is -0.104. The van der Waals surface area contributed by atoms with Gasteiger partial charge in [0, 0.05) is 6.20 Å². The standard InChI is InChI=1S/C9H6N2O/c10-7-8-3-1-5-11-9(8)4-2-6-12/h1-6H. The van der Waals surface area contributed by atoms with E-state index in [0.717, 1.165) is 0 Å². The molecule has 0 radical (unpaired) electrons. The first kappa shape index (κ1) is 8.15. The van der Waals surface area contributed by atoms with Crippen molar-refractivity contribution in [2.45, 2.75) is 0 Å². The van der Waals surface area contributed by atoms with E-state index in [4.69, 9.17) is 5.26 Å². The zero-order chi connectivity index (χ0) is 8.81. The fourth-order valence-corrected chi connectivity index (χ4v) is 0.775. The van der Waals surface area contributed by atoms with Crippen molar-refractivity contribution in [1.29, 1.82) is 5.26 Å². The van der Waals surface area contributed by atoms with Gasteiger partial charge in [0.15, 0.2) is 0 Å². The van der Waals surface area contributed by atoms with Crippen molar-refractivity contribution in [3.63, 3.8) is 0 Å². The van der Waals surface area contributed by atoms with E-state index < -0.39 is 0 Å². The molecule has 0 aliphatic carbocycles. The number of allylic oxidation sites excluding steroid dienone is 1. The normalized spacial score (nSPS) is 9.58. The van der Waals surface area contributed by atoms with E-state index in [2.05, 4.69) is 4.98 Å². The van der Waals surface area contributed by atoms with Crippen molar-refractivity contribution in [3.05, 3.63) is 35.7 Å². The summed E-state index contributed by atoms with van der Waals surface area (Å²) in [5.41, 5.74) is 0.989. The molecule has 0 atom stereocenters. The number of pyridine rings is 1. The Morgan fingerprint density at radius 3 is 3.08 bits per heavy atom. The zero-order valence-electron chi connectivity index (χ0n) is 6.27. The lowest BCUT2D eigenvalue weighted by Gasteiger charge is -1.92. The van der Waals surface area contributed by atoms with E-state index in [1.807, 2.05) is 6.07 Å². The smallest absolute Gasteiger partial charge is 0.142 e. The van der Waals surface area contributed by atoms with Gasteiger partial charge in [0.05, 0.1) is 11.3 Å². The van der Waals surface area contributed by atoms with Crippen LogP contribution >= 0.6 is 0 Å². The van der Waals surface area contributed by atoms with Gasteiger partial charge in [-0.05, 0) is 24.3 Å². The Morgan fingerprint density at radius 2 is 2.42 bits per heavy atom. The van der Waals surface area contributed by atoms with Crippen LogP contribution in [0.5, 0.6) is 0 Å². The number of hydrogen-bond donors (Lipinski definition) is 0. The Hall–Kier alpha value is -1.95. The number of nitriles is 1. The molecule has 1 aromatic heterocycles. The number of aromatic nitrogens is 1. The highest BCUT2D eigenvalue weighted by Gasteiger charge is 1.95. The lowest BCUT2D eigenvalue weighted by atomic mass is 10.2. The molecule has 0 aliphatic rings. The van der Waals surface area contributed by atoms with Gasteiger partial charge < -0.3 is 0 Å². The quantitative estimate of drug-likeness (QED) is 0.479. The molecular weight excluding hydrogens is 152 g/mol. The molecule has 1 rings (SSSR count). The number of hydrogen-bond acceptors (Lipinski definition) is 3. The second-order valence-corrected chi connectivity index (χ2v) is 2.04. The Bertz CT molecular complexity index is 350. The summed E-state index contributed by atoms with van der Waals surface area (Å²) in [5.74, 6) is 0. The molecule has 0 amide bonds. The fourth-order valence-electron chi connectivity index (χ4n) is 0.775. The summed E-state index contributed by atoms with van der Waals surface area (Å²) >= 11 is 0. The molecule has 1 aromatic rings. The first-order valence-electron chi connectivity index (χ1n) is 3.35. The molecule has 0 aliphatic heterocycles. The van der Waals surface area contributed by atoms with Crippen LogP contribution in [0.3, 0.4) is 0 Å². The van der Waals surface area contributed by atoms with E-state index in [0.29, 0.717) is 17.5 Å². The summed E-state index contributed by atoms with van der Waals surface area (Å²) in [4.78, 5) is 13.9. The van der Waals surface area contributed by atoms with E-state index in [9.17, 15) is 4.79 Å². The molecule has 0 bridgehead atoms. The van der Waals surface area contributed by atoms with E-state index >= 15 is 0 Å². The molecule has 0 unspecified atom stereocenters. The molecule has 12 heavy (non-hydrogen) atoms. The van der Waals surface area contributed by atoms with Crippen LogP contribution in [0.1, 0.15) is 11.3 Å². The van der Waals surface area contributed by atoms with Crippen molar-refractivity contribution < 1.29 is 4.79 Å². The predicted octanol–water partition coefficient (Wildman–Crippen LogP) is 1.17. The minimum atomic E-state index is 0.468. The first-order valence-corrected chi connectivity index (χ1v) is 3.35. The number of carbonyl (C=O) groups excluding carboxylic acids is 1. The highest BCUT2D eigenvalue weighted by atomic mass is 16.1. The largest absolute Gasteiger partial charge is 0.299 e. The maximum absolute atomic E-state index is 9.98. The number of aldehydes is 1. The van der Waals surface area contributed by atoms with Crippen LogP contribution < -0.4 is 0 Å². The average Bonchev–Trinajstić information content (AvgIpc) is 2.15. The second kappa shape index (κ2) is 4.04. The minimum Gasteiger partial charge on any atom is -0.299 e. The van der Waals surface area contributed by atoms with E-state index in [1.54, 1.807) is 18.3 Å². The molecule has 1 heterocycles. The van der Waals surface area contributed by atoms with Gasteiger partial charge in [-0.25, -0.2) is 0 Å². The van der Waals surface area contributed by atoms with Gasteiger partial charge in [-0.15, -0.1) is 0 Å². The van der Waals surface area contributed by atoms with Crippen LogP contribution in [-0.2, 0) is 4.79 Å². The lowest BCUT2D eigenvalue weighted by Crippen LogP contribution is -1.85. The number of rotatable bonds is 2. The van der Waals surface area contributed by atoms with Crippen LogP contribution in [0.25, 0.3) is 6.08 Å². The third kappa shape index (κ3) is 1.77. The summed E-state index contributed by atoms with van der Waals surface area (Å²) in [5, 5.41) is 8.61. The van der Waals surface area contributed by atoms with Gasteiger partial charge in [0.2, 0.25) is 0 Å². The second-order valence-electron chi connectivity index (χ2n) is 2.04. The molecule has 0 saturated heterocycles. The molecule has 0 aromatic carbocycles.